The predicted molar refractivity (Wildman–Crippen MR) is 104 cm³/mol. The number of nitrogens with one attached hydrogen (secondary N) is 1. The lowest BCUT2D eigenvalue weighted by Gasteiger charge is -2.14. The Hall–Kier alpha value is -1.96. The molecule has 1 fully saturated rings. The van der Waals surface area contributed by atoms with Crippen LogP contribution < -0.4 is 5.32 Å². The number of rotatable bonds is 4. The fourth-order valence-corrected chi connectivity index (χ4v) is 4.69. The number of sulfone groups is 1. The molecule has 1 aliphatic carbocycles. The summed E-state index contributed by atoms with van der Waals surface area (Å²) in [6.45, 7) is 0. The van der Waals surface area contributed by atoms with E-state index in [1.54, 1.807) is 24.3 Å². The Morgan fingerprint density at radius 2 is 1.88 bits per heavy atom. The van der Waals surface area contributed by atoms with Gasteiger partial charge in [-0.25, -0.2) is 13.4 Å². The average molecular weight is 407 g/mol. The average Bonchev–Trinajstić information content (AvgIpc) is 3.29. The molecule has 134 valence electrons. The number of benzene rings is 2. The lowest BCUT2D eigenvalue weighted by atomic mass is 9.95. The first-order valence-electron chi connectivity index (χ1n) is 7.96. The maximum Gasteiger partial charge on any atom is 0.236 e. The number of anilines is 1. The van der Waals surface area contributed by atoms with Gasteiger partial charge in [-0.15, -0.1) is 0 Å². The molecular formula is C18H15ClN2O3S2. The Morgan fingerprint density at radius 1 is 1.19 bits per heavy atom. The second kappa shape index (κ2) is 6.04. The molecule has 0 aliphatic heterocycles. The summed E-state index contributed by atoms with van der Waals surface area (Å²) in [7, 11) is -3.28. The largest absolute Gasteiger partial charge is 0.301 e. The molecule has 1 aliphatic rings. The Bertz CT molecular complexity index is 1120. The molecule has 3 aromatic rings. The van der Waals surface area contributed by atoms with Crippen molar-refractivity contribution in [3.63, 3.8) is 0 Å². The second-order valence-corrected chi connectivity index (χ2v) is 9.95. The van der Waals surface area contributed by atoms with Gasteiger partial charge in [0, 0.05) is 11.3 Å². The molecule has 1 heterocycles. The van der Waals surface area contributed by atoms with Crippen LogP contribution in [0.1, 0.15) is 18.4 Å². The van der Waals surface area contributed by atoms with Crippen LogP contribution in [0, 0.1) is 0 Å². The van der Waals surface area contributed by atoms with E-state index in [1.807, 2.05) is 12.1 Å². The Labute approximate surface area is 159 Å². The number of carbonyl (C=O) groups is 1. The third-order valence-corrected chi connectivity index (χ3v) is 6.89. The molecule has 0 spiro atoms. The zero-order valence-corrected chi connectivity index (χ0v) is 16.2. The topological polar surface area (TPSA) is 76.1 Å². The van der Waals surface area contributed by atoms with E-state index in [4.69, 9.17) is 11.6 Å². The van der Waals surface area contributed by atoms with Crippen LogP contribution in [0.25, 0.3) is 10.2 Å². The number of thiazole rings is 1. The van der Waals surface area contributed by atoms with Crippen molar-refractivity contribution in [2.24, 2.45) is 0 Å². The number of fused-ring (bicyclic) bond motifs is 1. The second-order valence-electron chi connectivity index (χ2n) is 6.46. The van der Waals surface area contributed by atoms with Crippen molar-refractivity contribution in [1.82, 2.24) is 4.98 Å². The summed E-state index contributed by atoms with van der Waals surface area (Å²) in [5, 5.41) is 4.00. The molecule has 0 bridgehead atoms. The van der Waals surface area contributed by atoms with Gasteiger partial charge in [0.1, 0.15) is 0 Å². The van der Waals surface area contributed by atoms with Gasteiger partial charge < -0.3 is 5.32 Å². The minimum atomic E-state index is -3.28. The molecule has 8 heteroatoms. The number of aromatic nitrogens is 1. The van der Waals surface area contributed by atoms with Crippen LogP contribution in [0.15, 0.2) is 47.4 Å². The van der Waals surface area contributed by atoms with E-state index in [9.17, 15) is 13.2 Å². The Morgan fingerprint density at radius 3 is 2.50 bits per heavy atom. The van der Waals surface area contributed by atoms with Crippen LogP contribution in [0.4, 0.5) is 5.13 Å². The van der Waals surface area contributed by atoms with E-state index < -0.39 is 15.3 Å². The summed E-state index contributed by atoms with van der Waals surface area (Å²) in [5.74, 6) is -0.0952. The van der Waals surface area contributed by atoms with Gasteiger partial charge in [-0.05, 0) is 48.7 Å². The zero-order valence-electron chi connectivity index (χ0n) is 13.8. The monoisotopic (exact) mass is 406 g/mol. The molecule has 0 unspecified atom stereocenters. The van der Waals surface area contributed by atoms with Crippen LogP contribution in [-0.4, -0.2) is 25.6 Å². The number of hydrogen-bond donors (Lipinski definition) is 1. The Kier molecular flexibility index (Phi) is 4.06. The van der Waals surface area contributed by atoms with Crippen LogP contribution >= 0.6 is 22.9 Å². The maximum atomic E-state index is 12.8. The van der Waals surface area contributed by atoms with Gasteiger partial charge in [0.15, 0.2) is 15.0 Å². The minimum Gasteiger partial charge on any atom is -0.301 e. The van der Waals surface area contributed by atoms with Gasteiger partial charge >= 0.3 is 0 Å². The van der Waals surface area contributed by atoms with E-state index in [1.165, 1.54) is 23.7 Å². The van der Waals surface area contributed by atoms with Crippen molar-refractivity contribution >= 4 is 54.0 Å². The van der Waals surface area contributed by atoms with Crippen LogP contribution in [0.2, 0.25) is 5.02 Å². The van der Waals surface area contributed by atoms with Gasteiger partial charge in [0.2, 0.25) is 5.91 Å². The predicted octanol–water partition coefficient (Wildman–Crippen LogP) is 4.02. The van der Waals surface area contributed by atoms with Crippen LogP contribution in [0.3, 0.4) is 0 Å². The molecule has 5 nitrogen and oxygen atoms in total. The zero-order chi connectivity index (χ0) is 18.5. The first-order chi connectivity index (χ1) is 12.3. The van der Waals surface area contributed by atoms with Crippen molar-refractivity contribution in [1.29, 1.82) is 0 Å². The number of amides is 1. The summed E-state index contributed by atoms with van der Waals surface area (Å²) in [5.41, 5.74) is 1.08. The van der Waals surface area contributed by atoms with E-state index >= 15 is 0 Å². The molecule has 2 aromatic carbocycles. The van der Waals surface area contributed by atoms with E-state index in [0.29, 0.717) is 15.7 Å². The normalized spacial score (nSPS) is 15.8. The quantitative estimate of drug-likeness (QED) is 0.709. The first-order valence-corrected chi connectivity index (χ1v) is 11.0. The lowest BCUT2D eigenvalue weighted by Crippen LogP contribution is -2.27. The third kappa shape index (κ3) is 3.11. The van der Waals surface area contributed by atoms with Crippen molar-refractivity contribution in [2.75, 3.05) is 11.6 Å². The van der Waals surface area contributed by atoms with Gasteiger partial charge in [-0.2, -0.15) is 0 Å². The SMILES string of the molecule is CS(=O)(=O)c1ccc2nc(NC(=O)C3(c4ccc(Cl)cc4)CC3)sc2c1. The molecule has 1 aromatic heterocycles. The molecule has 1 saturated carbocycles. The summed E-state index contributed by atoms with van der Waals surface area (Å²) >= 11 is 7.20. The molecular weight excluding hydrogens is 392 g/mol. The number of halogens is 1. The lowest BCUT2D eigenvalue weighted by molar-refractivity contribution is -0.118. The van der Waals surface area contributed by atoms with Gasteiger partial charge in [0.25, 0.3) is 0 Å². The maximum absolute atomic E-state index is 12.8. The molecule has 1 N–H and O–H groups in total. The molecule has 0 atom stereocenters. The van der Waals surface area contributed by atoms with Gasteiger partial charge in [-0.1, -0.05) is 35.1 Å². The summed E-state index contributed by atoms with van der Waals surface area (Å²) < 4.78 is 24.1. The molecule has 1 amide bonds. The summed E-state index contributed by atoms with van der Waals surface area (Å²) in [6, 6.07) is 12.1. The highest BCUT2D eigenvalue weighted by molar-refractivity contribution is 7.90. The molecule has 0 radical (unpaired) electrons. The van der Waals surface area contributed by atoms with Crippen molar-refractivity contribution in [2.45, 2.75) is 23.2 Å². The fourth-order valence-electron chi connectivity index (χ4n) is 2.95. The van der Waals surface area contributed by atoms with E-state index in [-0.39, 0.29) is 10.8 Å². The van der Waals surface area contributed by atoms with Crippen LogP contribution in [-0.2, 0) is 20.0 Å². The van der Waals surface area contributed by atoms with Crippen LogP contribution in [0.5, 0.6) is 0 Å². The third-order valence-electron chi connectivity index (χ3n) is 4.59. The number of nitrogens with zero attached hydrogens (tertiary/aromatic N) is 1. The van der Waals surface area contributed by atoms with Crippen molar-refractivity contribution in [3.8, 4) is 0 Å². The fraction of sp³-hybridized carbons (Fsp3) is 0.222. The summed E-state index contributed by atoms with van der Waals surface area (Å²) in [6.07, 6.45) is 2.73. The standard InChI is InChI=1S/C18H15ClN2O3S2/c1-26(23,24)13-6-7-14-15(10-13)25-17(20-14)21-16(22)18(8-9-18)11-2-4-12(19)5-3-11/h2-7,10H,8-9H2,1H3,(H,20,21,22). The van der Waals surface area contributed by atoms with Gasteiger partial charge in [-0.3, -0.25) is 4.79 Å². The molecule has 4 rings (SSSR count). The highest BCUT2D eigenvalue weighted by atomic mass is 35.5. The highest BCUT2D eigenvalue weighted by Crippen LogP contribution is 2.49. The van der Waals surface area contributed by atoms with Crippen molar-refractivity contribution in [3.05, 3.63) is 53.1 Å². The summed E-state index contributed by atoms with van der Waals surface area (Å²) in [4.78, 5) is 17.4. The van der Waals surface area contributed by atoms with E-state index in [2.05, 4.69) is 10.3 Å². The first kappa shape index (κ1) is 17.5. The number of hydrogen-bond acceptors (Lipinski definition) is 5. The molecule has 0 saturated heterocycles. The Balaban J connectivity index is 1.61. The smallest absolute Gasteiger partial charge is 0.236 e. The van der Waals surface area contributed by atoms with Crippen molar-refractivity contribution < 1.29 is 13.2 Å². The number of carbonyl (C=O) groups excluding carboxylic acids is 1. The van der Waals surface area contributed by atoms with E-state index in [0.717, 1.165) is 23.1 Å². The highest BCUT2D eigenvalue weighted by Gasteiger charge is 2.51. The molecule has 26 heavy (non-hydrogen) atoms. The minimum absolute atomic E-state index is 0.0952. The van der Waals surface area contributed by atoms with Gasteiger partial charge in [0.05, 0.1) is 20.5 Å².